The predicted octanol–water partition coefficient (Wildman–Crippen LogP) is 3.10. The summed E-state index contributed by atoms with van der Waals surface area (Å²) in [5, 5.41) is 8.70. The molecule has 0 amide bonds. The molecule has 1 fully saturated rings. The Morgan fingerprint density at radius 2 is 2.12 bits per heavy atom. The lowest BCUT2D eigenvalue weighted by Gasteiger charge is -2.22. The molecule has 25 heavy (non-hydrogen) atoms. The van der Waals surface area contributed by atoms with Gasteiger partial charge in [-0.2, -0.15) is 5.10 Å². The van der Waals surface area contributed by atoms with Crippen LogP contribution in [0.3, 0.4) is 0 Å². The summed E-state index contributed by atoms with van der Waals surface area (Å²) in [6, 6.07) is 6.20. The van der Waals surface area contributed by atoms with E-state index >= 15 is 0 Å². The van der Waals surface area contributed by atoms with Crippen molar-refractivity contribution in [3.05, 3.63) is 42.1 Å². The van der Waals surface area contributed by atoms with E-state index in [9.17, 15) is 4.39 Å². The smallest absolute Gasteiger partial charge is 0.168 e. The Morgan fingerprint density at radius 1 is 1.28 bits per heavy atom. The van der Waals surface area contributed by atoms with Gasteiger partial charge in [0.15, 0.2) is 5.65 Å². The molecule has 1 aliphatic rings. The van der Waals surface area contributed by atoms with E-state index in [1.807, 2.05) is 6.92 Å². The van der Waals surface area contributed by atoms with E-state index in [1.54, 1.807) is 23.0 Å². The number of rotatable bonds is 4. The number of fused-ring (bicyclic) bond motifs is 1. The largest absolute Gasteiger partial charge is 0.381 e. The molecular weight excluding hydrogens is 321 g/mol. The average Bonchev–Trinajstić information content (AvgIpc) is 3.05. The number of nitrogens with zero attached hydrogens (tertiary/aromatic N) is 4. The van der Waals surface area contributed by atoms with Gasteiger partial charge in [0.05, 0.1) is 23.9 Å². The van der Waals surface area contributed by atoms with Crippen molar-refractivity contribution in [3.8, 4) is 5.69 Å². The third kappa shape index (κ3) is 3.32. The van der Waals surface area contributed by atoms with E-state index in [0.717, 1.165) is 49.5 Å². The molecule has 3 heterocycles. The summed E-state index contributed by atoms with van der Waals surface area (Å²) in [7, 11) is 0. The van der Waals surface area contributed by atoms with Gasteiger partial charge < -0.3 is 10.1 Å². The monoisotopic (exact) mass is 341 g/mol. The van der Waals surface area contributed by atoms with Crippen molar-refractivity contribution >= 4 is 16.9 Å². The molecule has 2 aromatic heterocycles. The number of hydrogen-bond acceptors (Lipinski definition) is 5. The van der Waals surface area contributed by atoms with Gasteiger partial charge in [-0.25, -0.2) is 19.0 Å². The first-order chi connectivity index (χ1) is 12.2. The first kappa shape index (κ1) is 16.0. The topological polar surface area (TPSA) is 64.9 Å². The standard InChI is InChI=1S/C18H20FN5O/c1-12-22-17(20-9-13-3-2-8-25-11-13)16-10-21-24(18(16)23-12)15-6-4-14(19)5-7-15/h4-7,10,13H,2-3,8-9,11H2,1H3,(H,20,22,23)/t13-/m1/s1. The van der Waals surface area contributed by atoms with E-state index in [4.69, 9.17) is 4.74 Å². The fourth-order valence-corrected chi connectivity index (χ4v) is 3.13. The van der Waals surface area contributed by atoms with Crippen molar-refractivity contribution < 1.29 is 9.13 Å². The van der Waals surface area contributed by atoms with E-state index < -0.39 is 0 Å². The zero-order valence-electron chi connectivity index (χ0n) is 14.1. The van der Waals surface area contributed by atoms with Crippen LogP contribution < -0.4 is 5.32 Å². The second-order valence-electron chi connectivity index (χ2n) is 6.35. The zero-order chi connectivity index (χ0) is 17.2. The molecular formula is C18H20FN5O. The third-order valence-corrected chi connectivity index (χ3v) is 4.42. The van der Waals surface area contributed by atoms with Crippen molar-refractivity contribution in [1.82, 2.24) is 19.7 Å². The predicted molar refractivity (Wildman–Crippen MR) is 93.4 cm³/mol. The lowest BCUT2D eigenvalue weighted by Crippen LogP contribution is -2.24. The molecule has 1 N–H and O–H groups in total. The van der Waals surface area contributed by atoms with E-state index in [0.29, 0.717) is 17.4 Å². The Morgan fingerprint density at radius 3 is 2.88 bits per heavy atom. The molecule has 6 nitrogen and oxygen atoms in total. The molecule has 0 saturated carbocycles. The summed E-state index contributed by atoms with van der Waals surface area (Å²) < 4.78 is 20.4. The number of halogens is 1. The highest BCUT2D eigenvalue weighted by atomic mass is 19.1. The maximum absolute atomic E-state index is 13.2. The number of hydrogen-bond donors (Lipinski definition) is 1. The minimum absolute atomic E-state index is 0.275. The molecule has 0 aliphatic carbocycles. The zero-order valence-corrected chi connectivity index (χ0v) is 14.1. The first-order valence-electron chi connectivity index (χ1n) is 8.50. The Bertz CT molecular complexity index is 871. The van der Waals surface area contributed by atoms with Gasteiger partial charge in [0.25, 0.3) is 0 Å². The van der Waals surface area contributed by atoms with Crippen molar-refractivity contribution in [1.29, 1.82) is 0 Å². The molecule has 1 aromatic carbocycles. The third-order valence-electron chi connectivity index (χ3n) is 4.42. The average molecular weight is 341 g/mol. The van der Waals surface area contributed by atoms with Crippen molar-refractivity contribution in [2.75, 3.05) is 25.1 Å². The van der Waals surface area contributed by atoms with E-state index in [-0.39, 0.29) is 5.82 Å². The van der Waals surface area contributed by atoms with Gasteiger partial charge in [-0.05, 0) is 49.9 Å². The summed E-state index contributed by atoms with van der Waals surface area (Å²) >= 11 is 0. The maximum Gasteiger partial charge on any atom is 0.168 e. The number of benzene rings is 1. The van der Waals surface area contributed by atoms with Crippen molar-refractivity contribution in [2.24, 2.45) is 5.92 Å². The first-order valence-corrected chi connectivity index (χ1v) is 8.50. The number of ether oxygens (including phenoxy) is 1. The summed E-state index contributed by atoms with van der Waals surface area (Å²) in [4.78, 5) is 9.05. The number of aromatic nitrogens is 4. The normalized spacial score (nSPS) is 17.8. The van der Waals surface area contributed by atoms with Gasteiger partial charge in [0.1, 0.15) is 17.5 Å². The molecule has 7 heteroatoms. The number of nitrogens with one attached hydrogen (secondary N) is 1. The second-order valence-corrected chi connectivity index (χ2v) is 6.35. The fraction of sp³-hybridized carbons (Fsp3) is 0.389. The van der Waals surface area contributed by atoms with Crippen LogP contribution in [0.2, 0.25) is 0 Å². The molecule has 3 aromatic rings. The molecule has 1 saturated heterocycles. The molecule has 0 spiro atoms. The quantitative estimate of drug-likeness (QED) is 0.790. The van der Waals surface area contributed by atoms with E-state index in [2.05, 4.69) is 20.4 Å². The van der Waals surface area contributed by atoms with Crippen LogP contribution in [0.4, 0.5) is 10.2 Å². The minimum Gasteiger partial charge on any atom is -0.381 e. The highest BCUT2D eigenvalue weighted by Gasteiger charge is 2.16. The van der Waals surface area contributed by atoms with Crippen LogP contribution in [0.5, 0.6) is 0 Å². The molecule has 0 unspecified atom stereocenters. The molecule has 0 radical (unpaired) electrons. The fourth-order valence-electron chi connectivity index (χ4n) is 3.13. The summed E-state index contributed by atoms with van der Waals surface area (Å²) in [5.41, 5.74) is 1.47. The Balaban J connectivity index is 1.65. The van der Waals surface area contributed by atoms with Gasteiger partial charge in [-0.15, -0.1) is 0 Å². The summed E-state index contributed by atoms with van der Waals surface area (Å²) in [6.45, 7) is 4.32. The van der Waals surface area contributed by atoms with Crippen LogP contribution in [0, 0.1) is 18.7 Å². The van der Waals surface area contributed by atoms with Crippen molar-refractivity contribution in [2.45, 2.75) is 19.8 Å². The van der Waals surface area contributed by atoms with Crippen LogP contribution in [-0.2, 0) is 4.74 Å². The Labute approximate surface area is 145 Å². The lowest BCUT2D eigenvalue weighted by molar-refractivity contribution is 0.0595. The summed E-state index contributed by atoms with van der Waals surface area (Å²) in [6.07, 6.45) is 4.01. The minimum atomic E-state index is -0.275. The SMILES string of the molecule is Cc1nc(NC[C@H]2CCCOC2)c2cnn(-c3ccc(F)cc3)c2n1. The summed E-state index contributed by atoms with van der Waals surface area (Å²) in [5.74, 6) is 1.66. The van der Waals surface area contributed by atoms with E-state index in [1.165, 1.54) is 12.1 Å². The molecule has 4 rings (SSSR count). The van der Waals surface area contributed by atoms with Gasteiger partial charge in [0, 0.05) is 13.2 Å². The van der Waals surface area contributed by atoms with Gasteiger partial charge >= 0.3 is 0 Å². The second kappa shape index (κ2) is 6.76. The van der Waals surface area contributed by atoms with Crippen LogP contribution >= 0.6 is 0 Å². The molecule has 0 bridgehead atoms. The number of aryl methyl sites for hydroxylation is 1. The highest BCUT2D eigenvalue weighted by molar-refractivity contribution is 5.87. The highest BCUT2D eigenvalue weighted by Crippen LogP contribution is 2.24. The van der Waals surface area contributed by atoms with Gasteiger partial charge in [-0.3, -0.25) is 0 Å². The van der Waals surface area contributed by atoms with Crippen LogP contribution in [0.25, 0.3) is 16.7 Å². The van der Waals surface area contributed by atoms with Crippen LogP contribution in [-0.4, -0.2) is 39.5 Å². The Hall–Kier alpha value is -2.54. The van der Waals surface area contributed by atoms with Crippen LogP contribution in [0.1, 0.15) is 18.7 Å². The van der Waals surface area contributed by atoms with Crippen LogP contribution in [0.15, 0.2) is 30.5 Å². The molecule has 130 valence electrons. The maximum atomic E-state index is 13.2. The van der Waals surface area contributed by atoms with Crippen molar-refractivity contribution in [3.63, 3.8) is 0 Å². The molecule has 1 atom stereocenters. The number of anilines is 1. The van der Waals surface area contributed by atoms with Gasteiger partial charge in [-0.1, -0.05) is 0 Å². The molecule has 1 aliphatic heterocycles. The lowest BCUT2D eigenvalue weighted by atomic mass is 10.0. The van der Waals surface area contributed by atoms with Gasteiger partial charge in [0.2, 0.25) is 0 Å². The Kier molecular flexibility index (Phi) is 4.31.